The van der Waals surface area contributed by atoms with Gasteiger partial charge in [-0.1, -0.05) is 15.9 Å². The first kappa shape index (κ1) is 16.5. The number of aliphatic hydroxyl groups is 1. The maximum atomic E-state index is 12.4. The van der Waals surface area contributed by atoms with Gasteiger partial charge in [-0.25, -0.2) is 0 Å². The van der Waals surface area contributed by atoms with Crippen LogP contribution in [0.15, 0.2) is 22.7 Å². The zero-order valence-electron chi connectivity index (χ0n) is 11.8. The van der Waals surface area contributed by atoms with Crippen molar-refractivity contribution in [2.24, 2.45) is 5.92 Å². The summed E-state index contributed by atoms with van der Waals surface area (Å²) in [6, 6.07) is 5.14. The van der Waals surface area contributed by atoms with Crippen LogP contribution < -0.4 is 9.46 Å². The number of aliphatic hydroxyl groups excluding tert-OH is 1. The van der Waals surface area contributed by atoms with Gasteiger partial charge in [-0.2, -0.15) is 12.7 Å². The Kier molecular flexibility index (Phi) is 5.48. The molecule has 1 heterocycles. The molecule has 0 unspecified atom stereocenters. The van der Waals surface area contributed by atoms with Gasteiger partial charge in [0.25, 0.3) is 0 Å². The maximum absolute atomic E-state index is 12.4. The third-order valence-electron chi connectivity index (χ3n) is 3.57. The van der Waals surface area contributed by atoms with Gasteiger partial charge in [0.05, 0.1) is 12.8 Å². The van der Waals surface area contributed by atoms with Crippen molar-refractivity contribution in [1.29, 1.82) is 0 Å². The molecule has 0 atom stereocenters. The first-order valence-electron chi connectivity index (χ1n) is 6.68. The Balaban J connectivity index is 2.13. The van der Waals surface area contributed by atoms with Crippen molar-refractivity contribution in [3.8, 4) is 5.75 Å². The number of halogens is 1. The molecule has 21 heavy (non-hydrogen) atoms. The highest BCUT2D eigenvalue weighted by molar-refractivity contribution is 9.10. The summed E-state index contributed by atoms with van der Waals surface area (Å²) >= 11 is 3.31. The lowest BCUT2D eigenvalue weighted by Crippen LogP contribution is -2.42. The van der Waals surface area contributed by atoms with Crippen LogP contribution in [0.1, 0.15) is 12.8 Å². The molecule has 1 saturated heterocycles. The van der Waals surface area contributed by atoms with Gasteiger partial charge in [-0.3, -0.25) is 4.72 Å². The number of hydrogen-bond donors (Lipinski definition) is 2. The summed E-state index contributed by atoms with van der Waals surface area (Å²) < 4.78 is 34.7. The molecule has 118 valence electrons. The standard InChI is InChI=1S/C13H19BrN2O4S/c1-20-13-3-2-11(14)8-12(13)15-21(18,19)16-6-4-10(9-17)5-7-16/h2-3,8,10,15,17H,4-7,9H2,1H3. The molecule has 2 rings (SSSR count). The van der Waals surface area contributed by atoms with Crippen LogP contribution in [-0.2, 0) is 10.2 Å². The molecular weight excluding hydrogens is 360 g/mol. The van der Waals surface area contributed by atoms with Crippen LogP contribution in [0.5, 0.6) is 5.75 Å². The predicted molar refractivity (Wildman–Crippen MR) is 84.6 cm³/mol. The van der Waals surface area contributed by atoms with Crippen LogP contribution in [-0.4, -0.2) is 44.6 Å². The van der Waals surface area contributed by atoms with Crippen molar-refractivity contribution in [2.45, 2.75) is 12.8 Å². The van der Waals surface area contributed by atoms with Gasteiger partial charge in [0, 0.05) is 24.2 Å². The smallest absolute Gasteiger partial charge is 0.301 e. The lowest BCUT2D eigenvalue weighted by molar-refractivity contribution is 0.170. The van der Waals surface area contributed by atoms with E-state index in [4.69, 9.17) is 9.84 Å². The molecular formula is C13H19BrN2O4S. The van der Waals surface area contributed by atoms with Crippen molar-refractivity contribution in [2.75, 3.05) is 31.5 Å². The Labute approximate surface area is 133 Å². The minimum Gasteiger partial charge on any atom is -0.495 e. The summed E-state index contributed by atoms with van der Waals surface area (Å²) in [5.41, 5.74) is 0.399. The first-order valence-corrected chi connectivity index (χ1v) is 8.92. The average molecular weight is 379 g/mol. The normalized spacial score (nSPS) is 17.7. The van der Waals surface area contributed by atoms with E-state index in [9.17, 15) is 8.42 Å². The van der Waals surface area contributed by atoms with E-state index < -0.39 is 10.2 Å². The van der Waals surface area contributed by atoms with Crippen LogP contribution in [0.3, 0.4) is 0 Å². The van der Waals surface area contributed by atoms with Crippen molar-refractivity contribution >= 4 is 31.8 Å². The number of piperidine rings is 1. The fourth-order valence-electron chi connectivity index (χ4n) is 2.30. The van der Waals surface area contributed by atoms with Crippen LogP contribution in [0.4, 0.5) is 5.69 Å². The summed E-state index contributed by atoms with van der Waals surface area (Å²) in [5.74, 6) is 0.656. The summed E-state index contributed by atoms with van der Waals surface area (Å²) in [7, 11) is -2.12. The summed E-state index contributed by atoms with van der Waals surface area (Å²) in [6.07, 6.45) is 1.35. The molecule has 1 aromatic carbocycles. The second-order valence-electron chi connectivity index (χ2n) is 4.98. The molecule has 0 aliphatic carbocycles. The molecule has 0 bridgehead atoms. The van der Waals surface area contributed by atoms with E-state index in [1.54, 1.807) is 18.2 Å². The van der Waals surface area contributed by atoms with Gasteiger partial charge in [0.15, 0.2) is 0 Å². The molecule has 1 fully saturated rings. The van der Waals surface area contributed by atoms with Crippen molar-refractivity contribution in [3.05, 3.63) is 22.7 Å². The number of nitrogens with zero attached hydrogens (tertiary/aromatic N) is 1. The molecule has 0 saturated carbocycles. The Morgan fingerprint density at radius 1 is 1.43 bits per heavy atom. The molecule has 2 N–H and O–H groups in total. The Hall–Kier alpha value is -0.830. The number of hydrogen-bond acceptors (Lipinski definition) is 4. The number of methoxy groups -OCH3 is 1. The van der Waals surface area contributed by atoms with Crippen molar-refractivity contribution in [3.63, 3.8) is 0 Å². The summed E-state index contributed by atoms with van der Waals surface area (Å²) in [6.45, 7) is 0.939. The third-order valence-corrected chi connectivity index (χ3v) is 5.59. The molecule has 1 aromatic rings. The van der Waals surface area contributed by atoms with Crippen LogP contribution in [0.2, 0.25) is 0 Å². The molecule has 6 nitrogen and oxygen atoms in total. The Morgan fingerprint density at radius 3 is 2.67 bits per heavy atom. The average Bonchev–Trinajstić information content (AvgIpc) is 2.47. The SMILES string of the molecule is COc1ccc(Br)cc1NS(=O)(=O)N1CCC(CO)CC1. The zero-order valence-corrected chi connectivity index (χ0v) is 14.2. The number of benzene rings is 1. The highest BCUT2D eigenvalue weighted by Gasteiger charge is 2.28. The highest BCUT2D eigenvalue weighted by Crippen LogP contribution is 2.30. The monoisotopic (exact) mass is 378 g/mol. The minimum atomic E-state index is -3.62. The molecule has 0 radical (unpaired) electrons. The highest BCUT2D eigenvalue weighted by atomic mass is 79.9. The van der Waals surface area contributed by atoms with Gasteiger partial charge in [0.1, 0.15) is 5.75 Å². The van der Waals surface area contributed by atoms with Crippen LogP contribution in [0, 0.1) is 5.92 Å². The lowest BCUT2D eigenvalue weighted by atomic mass is 10.00. The molecule has 8 heteroatoms. The molecule has 0 aromatic heterocycles. The van der Waals surface area contributed by atoms with Crippen LogP contribution >= 0.6 is 15.9 Å². The van der Waals surface area contributed by atoms with E-state index in [2.05, 4.69) is 20.7 Å². The lowest BCUT2D eigenvalue weighted by Gasteiger charge is -2.30. The summed E-state index contributed by atoms with van der Waals surface area (Å²) in [4.78, 5) is 0. The van der Waals surface area contributed by atoms with E-state index in [1.165, 1.54) is 11.4 Å². The summed E-state index contributed by atoms with van der Waals surface area (Å²) in [5, 5.41) is 9.11. The van der Waals surface area contributed by atoms with Gasteiger partial charge in [-0.15, -0.1) is 0 Å². The molecule has 1 aliphatic rings. The van der Waals surface area contributed by atoms with Gasteiger partial charge >= 0.3 is 10.2 Å². The first-order chi connectivity index (χ1) is 9.96. The fraction of sp³-hybridized carbons (Fsp3) is 0.538. The van der Waals surface area contributed by atoms with Gasteiger partial charge in [0.2, 0.25) is 0 Å². The van der Waals surface area contributed by atoms with Crippen molar-refractivity contribution < 1.29 is 18.3 Å². The number of ether oxygens (including phenoxy) is 1. The largest absolute Gasteiger partial charge is 0.495 e. The van der Waals surface area contributed by atoms with E-state index in [1.807, 2.05) is 0 Å². The van der Waals surface area contributed by atoms with Crippen molar-refractivity contribution in [1.82, 2.24) is 4.31 Å². The second-order valence-corrected chi connectivity index (χ2v) is 7.56. The Bertz CT molecular complexity index is 586. The predicted octanol–water partition coefficient (Wildman–Crippen LogP) is 1.82. The number of rotatable bonds is 5. The maximum Gasteiger partial charge on any atom is 0.301 e. The van der Waals surface area contributed by atoms with E-state index in [0.717, 1.165) is 4.47 Å². The van der Waals surface area contributed by atoms with E-state index in [0.29, 0.717) is 37.4 Å². The topological polar surface area (TPSA) is 78.9 Å². The third kappa shape index (κ3) is 4.09. The number of anilines is 1. The molecule has 0 amide bonds. The minimum absolute atomic E-state index is 0.112. The van der Waals surface area contributed by atoms with Gasteiger partial charge < -0.3 is 9.84 Å². The van der Waals surface area contributed by atoms with E-state index >= 15 is 0 Å². The van der Waals surface area contributed by atoms with Gasteiger partial charge in [-0.05, 0) is 37.0 Å². The van der Waals surface area contributed by atoms with Crippen LogP contribution in [0.25, 0.3) is 0 Å². The Morgan fingerprint density at radius 2 is 2.10 bits per heavy atom. The zero-order chi connectivity index (χ0) is 15.5. The van der Waals surface area contributed by atoms with E-state index in [-0.39, 0.29) is 12.5 Å². The fourth-order valence-corrected chi connectivity index (χ4v) is 3.91. The second kappa shape index (κ2) is 6.95. The molecule has 1 aliphatic heterocycles. The number of nitrogens with one attached hydrogen (secondary N) is 1. The molecule has 0 spiro atoms. The quantitative estimate of drug-likeness (QED) is 0.818.